The Morgan fingerprint density at radius 3 is 2.52 bits per heavy atom. The summed E-state index contributed by atoms with van der Waals surface area (Å²) in [5.74, 6) is -0.0824. The molecule has 152 valence electrons. The summed E-state index contributed by atoms with van der Waals surface area (Å²) in [5, 5.41) is 2.78. The number of carbonyl (C=O) groups is 2. The van der Waals surface area contributed by atoms with Crippen molar-refractivity contribution in [3.8, 4) is 5.75 Å². The number of urea groups is 1. The molecule has 0 aliphatic carbocycles. The Hall–Kier alpha value is -2.91. The number of imide groups is 1. The molecule has 2 aromatic rings. The number of hydrogen-bond donors (Lipinski definition) is 1. The molecular weight excluding hydrogens is 394 g/mol. The fourth-order valence-corrected chi connectivity index (χ4v) is 5.41. The lowest BCUT2D eigenvalue weighted by atomic mass is 10.1. The van der Waals surface area contributed by atoms with Gasteiger partial charge in [-0.1, -0.05) is 23.8 Å². The van der Waals surface area contributed by atoms with Crippen molar-refractivity contribution in [2.24, 2.45) is 0 Å². The molecule has 2 unspecified atom stereocenters. The van der Waals surface area contributed by atoms with E-state index in [9.17, 15) is 18.0 Å². The average molecular weight is 415 g/mol. The van der Waals surface area contributed by atoms with Crippen LogP contribution in [-0.4, -0.2) is 50.4 Å². The number of nitrogens with zero attached hydrogens (tertiary/aromatic N) is 2. The zero-order valence-corrected chi connectivity index (χ0v) is 16.8. The van der Waals surface area contributed by atoms with Crippen molar-refractivity contribution in [2.45, 2.75) is 30.3 Å². The van der Waals surface area contributed by atoms with Crippen molar-refractivity contribution >= 4 is 27.6 Å². The number of sulfonamides is 1. The van der Waals surface area contributed by atoms with Gasteiger partial charge in [-0.25, -0.2) is 18.1 Å². The second-order valence-corrected chi connectivity index (χ2v) is 8.98. The Morgan fingerprint density at radius 2 is 1.83 bits per heavy atom. The van der Waals surface area contributed by atoms with E-state index in [1.54, 1.807) is 36.4 Å². The molecule has 0 bridgehead atoms. The molecule has 2 aliphatic rings. The van der Waals surface area contributed by atoms with Crippen LogP contribution < -0.4 is 15.0 Å². The molecule has 29 heavy (non-hydrogen) atoms. The van der Waals surface area contributed by atoms with E-state index in [0.717, 1.165) is 10.5 Å². The Balaban J connectivity index is 1.70. The van der Waals surface area contributed by atoms with Crippen LogP contribution >= 0.6 is 0 Å². The number of amides is 3. The highest BCUT2D eigenvalue weighted by atomic mass is 32.2. The second kappa shape index (κ2) is 7.16. The van der Waals surface area contributed by atoms with Gasteiger partial charge >= 0.3 is 6.03 Å². The van der Waals surface area contributed by atoms with Gasteiger partial charge < -0.3 is 10.1 Å². The summed E-state index contributed by atoms with van der Waals surface area (Å²) in [6.45, 7) is 2.03. The number of ether oxygens (including phenoxy) is 1. The van der Waals surface area contributed by atoms with E-state index in [2.05, 4.69) is 5.32 Å². The number of rotatable bonds is 4. The van der Waals surface area contributed by atoms with Gasteiger partial charge in [0, 0.05) is 12.6 Å². The number of benzene rings is 2. The van der Waals surface area contributed by atoms with Crippen molar-refractivity contribution < 1.29 is 22.7 Å². The maximum Gasteiger partial charge on any atom is 0.329 e. The molecule has 0 radical (unpaired) electrons. The topological polar surface area (TPSA) is 96.0 Å². The summed E-state index contributed by atoms with van der Waals surface area (Å²) in [5.41, 5.74) is 1.26. The van der Waals surface area contributed by atoms with Crippen LogP contribution in [0.5, 0.6) is 5.75 Å². The third-order valence-electron chi connectivity index (χ3n) is 5.28. The minimum Gasteiger partial charge on any atom is -0.497 e. The smallest absolute Gasteiger partial charge is 0.329 e. The van der Waals surface area contributed by atoms with Crippen LogP contribution in [0.4, 0.5) is 10.5 Å². The van der Waals surface area contributed by atoms with Gasteiger partial charge in [-0.05, 0) is 37.6 Å². The van der Waals surface area contributed by atoms with E-state index in [-0.39, 0.29) is 11.4 Å². The van der Waals surface area contributed by atoms with Crippen LogP contribution in [0.1, 0.15) is 12.0 Å². The first-order chi connectivity index (χ1) is 13.8. The third kappa shape index (κ3) is 3.26. The monoisotopic (exact) mass is 415 g/mol. The normalized spacial score (nSPS) is 22.3. The van der Waals surface area contributed by atoms with E-state index >= 15 is 0 Å². The highest BCUT2D eigenvalue weighted by Crippen LogP contribution is 2.32. The molecule has 2 atom stereocenters. The van der Waals surface area contributed by atoms with Crippen LogP contribution in [0.2, 0.25) is 0 Å². The first kappa shape index (κ1) is 19.4. The molecule has 0 aromatic heterocycles. The molecule has 9 heteroatoms. The van der Waals surface area contributed by atoms with Crippen LogP contribution in [0, 0.1) is 6.92 Å². The van der Waals surface area contributed by atoms with E-state index < -0.39 is 34.0 Å². The summed E-state index contributed by atoms with van der Waals surface area (Å²) in [6, 6.07) is 10.9. The number of carbonyl (C=O) groups excluding carboxylic acids is 2. The molecular formula is C20H21N3O5S. The van der Waals surface area contributed by atoms with E-state index in [1.807, 2.05) is 6.92 Å². The van der Waals surface area contributed by atoms with E-state index in [0.29, 0.717) is 17.9 Å². The zero-order chi connectivity index (χ0) is 20.8. The van der Waals surface area contributed by atoms with Crippen LogP contribution in [0.3, 0.4) is 0 Å². The zero-order valence-electron chi connectivity index (χ0n) is 16.0. The van der Waals surface area contributed by atoms with Crippen molar-refractivity contribution in [2.75, 3.05) is 18.6 Å². The lowest BCUT2D eigenvalue weighted by Crippen LogP contribution is -2.64. The summed E-state index contributed by atoms with van der Waals surface area (Å²) >= 11 is 0. The summed E-state index contributed by atoms with van der Waals surface area (Å²) < 4.78 is 32.7. The van der Waals surface area contributed by atoms with Gasteiger partial charge in [0.1, 0.15) is 11.8 Å². The largest absolute Gasteiger partial charge is 0.497 e. The highest BCUT2D eigenvalue weighted by molar-refractivity contribution is 7.89. The van der Waals surface area contributed by atoms with Gasteiger partial charge in [0.2, 0.25) is 10.0 Å². The van der Waals surface area contributed by atoms with E-state index in [1.165, 1.54) is 23.5 Å². The molecule has 2 saturated heterocycles. The fraction of sp³-hybridized carbons (Fsp3) is 0.300. The third-order valence-corrected chi connectivity index (χ3v) is 7.17. The molecule has 0 spiro atoms. The van der Waals surface area contributed by atoms with Gasteiger partial charge in [-0.15, -0.1) is 0 Å². The minimum absolute atomic E-state index is 0.126. The summed E-state index contributed by atoms with van der Waals surface area (Å²) in [7, 11) is -2.40. The van der Waals surface area contributed by atoms with Crippen LogP contribution in [0.25, 0.3) is 0 Å². The van der Waals surface area contributed by atoms with Crippen molar-refractivity contribution in [3.63, 3.8) is 0 Å². The molecule has 2 aromatic carbocycles. The number of nitrogens with one attached hydrogen (secondary N) is 1. The Labute approximate surface area is 169 Å². The molecule has 1 N–H and O–H groups in total. The first-order valence-corrected chi connectivity index (χ1v) is 10.6. The van der Waals surface area contributed by atoms with Crippen LogP contribution in [-0.2, 0) is 14.8 Å². The fourth-order valence-electron chi connectivity index (χ4n) is 3.78. The van der Waals surface area contributed by atoms with Crippen molar-refractivity contribution in [1.29, 1.82) is 0 Å². The van der Waals surface area contributed by atoms with Gasteiger partial charge in [0.05, 0.1) is 23.7 Å². The minimum atomic E-state index is -3.88. The number of methoxy groups -OCH3 is 1. The summed E-state index contributed by atoms with van der Waals surface area (Å²) in [6.07, 6.45) is 0.374. The van der Waals surface area contributed by atoms with E-state index in [4.69, 9.17) is 4.74 Å². The molecule has 2 aliphatic heterocycles. The molecule has 2 heterocycles. The lowest BCUT2D eigenvalue weighted by molar-refractivity contribution is -0.122. The first-order valence-electron chi connectivity index (χ1n) is 9.20. The van der Waals surface area contributed by atoms with Gasteiger partial charge in [-0.2, -0.15) is 4.31 Å². The molecule has 0 saturated carbocycles. The maximum absolute atomic E-state index is 13.3. The quantitative estimate of drug-likeness (QED) is 0.823. The molecule has 2 fully saturated rings. The number of aryl methyl sites for hydroxylation is 1. The second-order valence-electron chi connectivity index (χ2n) is 7.09. The summed E-state index contributed by atoms with van der Waals surface area (Å²) in [4.78, 5) is 27.0. The number of anilines is 1. The standard InChI is InChI=1S/C20H21N3O5S/c1-13-6-8-16(9-7-13)29(26,27)22-11-10-17-18(22)19(24)23(20(25)21-17)14-4-3-5-15(12-14)28-2/h3-9,12,17-18H,10-11H2,1-2H3,(H,21,25). The Morgan fingerprint density at radius 1 is 1.10 bits per heavy atom. The number of hydrogen-bond acceptors (Lipinski definition) is 5. The SMILES string of the molecule is COc1cccc(N2C(=O)NC3CCN(S(=O)(=O)c4ccc(C)cc4)C3C2=O)c1. The van der Waals surface area contributed by atoms with Gasteiger partial charge in [0.25, 0.3) is 5.91 Å². The van der Waals surface area contributed by atoms with Crippen LogP contribution in [0.15, 0.2) is 53.4 Å². The lowest BCUT2D eigenvalue weighted by Gasteiger charge is -2.36. The molecule has 8 nitrogen and oxygen atoms in total. The van der Waals surface area contributed by atoms with Crippen molar-refractivity contribution in [1.82, 2.24) is 9.62 Å². The molecule has 3 amide bonds. The number of fused-ring (bicyclic) bond motifs is 1. The predicted octanol–water partition coefficient (Wildman–Crippen LogP) is 1.89. The molecule has 4 rings (SSSR count). The Kier molecular flexibility index (Phi) is 4.79. The van der Waals surface area contributed by atoms with Crippen molar-refractivity contribution in [3.05, 3.63) is 54.1 Å². The average Bonchev–Trinajstić information content (AvgIpc) is 3.13. The predicted molar refractivity (Wildman–Crippen MR) is 106 cm³/mol. The highest BCUT2D eigenvalue weighted by Gasteiger charge is 2.52. The van der Waals surface area contributed by atoms with Gasteiger partial charge in [0.15, 0.2) is 0 Å². The Bertz CT molecular complexity index is 1070. The maximum atomic E-state index is 13.3. The van der Waals surface area contributed by atoms with Gasteiger partial charge in [-0.3, -0.25) is 4.79 Å².